The predicted octanol–water partition coefficient (Wildman–Crippen LogP) is 2.35. The number of nitrogens with two attached hydrogens (primary N) is 1. The largest absolute Gasteiger partial charge is 0.330 e. The summed E-state index contributed by atoms with van der Waals surface area (Å²) in [5.74, 6) is 0.811. The molecular weight excluding hydrogens is 284 g/mol. The predicted molar refractivity (Wildman–Crippen MR) is 85.6 cm³/mol. The molecule has 2 unspecified atom stereocenters. The zero-order valence-corrected chi connectivity index (χ0v) is 13.7. The molecule has 1 fully saturated rings. The molecule has 1 aromatic rings. The molecule has 0 aliphatic heterocycles. The molecule has 0 spiro atoms. The van der Waals surface area contributed by atoms with Crippen molar-refractivity contribution in [3.8, 4) is 0 Å². The van der Waals surface area contributed by atoms with E-state index in [1.807, 2.05) is 19.9 Å². The summed E-state index contributed by atoms with van der Waals surface area (Å²) in [5, 5.41) is 0. The fraction of sp³-hybridized carbons (Fsp3) is 0.625. The molecule has 0 amide bonds. The minimum atomic E-state index is -3.42. The van der Waals surface area contributed by atoms with Crippen LogP contribution in [-0.2, 0) is 10.0 Å². The summed E-state index contributed by atoms with van der Waals surface area (Å²) in [6.45, 7) is 5.06. The van der Waals surface area contributed by atoms with Crippen molar-refractivity contribution in [1.29, 1.82) is 0 Å². The summed E-state index contributed by atoms with van der Waals surface area (Å²) in [4.78, 5) is 0.353. The molecule has 1 aliphatic rings. The average molecular weight is 310 g/mol. The third-order valence-corrected chi connectivity index (χ3v) is 6.11. The number of rotatable bonds is 5. The van der Waals surface area contributed by atoms with Gasteiger partial charge < -0.3 is 5.73 Å². The van der Waals surface area contributed by atoms with Gasteiger partial charge in [-0.3, -0.25) is 0 Å². The highest BCUT2D eigenvalue weighted by molar-refractivity contribution is 7.89. The molecular formula is C16H26N2O2S. The Morgan fingerprint density at radius 3 is 2.43 bits per heavy atom. The Morgan fingerprint density at radius 1 is 1.14 bits per heavy atom. The second-order valence-corrected chi connectivity index (χ2v) is 7.91. The highest BCUT2D eigenvalue weighted by Crippen LogP contribution is 2.29. The third kappa shape index (κ3) is 4.05. The van der Waals surface area contributed by atoms with Crippen LogP contribution < -0.4 is 10.5 Å². The number of nitrogens with one attached hydrogen (secondary N) is 1. The number of benzene rings is 1. The minimum Gasteiger partial charge on any atom is -0.330 e. The Morgan fingerprint density at radius 2 is 1.81 bits per heavy atom. The van der Waals surface area contributed by atoms with E-state index >= 15 is 0 Å². The second-order valence-electron chi connectivity index (χ2n) is 6.14. The maximum Gasteiger partial charge on any atom is 0.240 e. The van der Waals surface area contributed by atoms with Gasteiger partial charge in [-0.2, -0.15) is 0 Å². The van der Waals surface area contributed by atoms with Crippen LogP contribution in [0.2, 0.25) is 0 Å². The first-order valence-corrected chi connectivity index (χ1v) is 9.19. The Bertz CT molecular complexity index is 584. The highest BCUT2D eigenvalue weighted by Gasteiger charge is 2.25. The summed E-state index contributed by atoms with van der Waals surface area (Å²) in [5.41, 5.74) is 7.90. The van der Waals surface area contributed by atoms with E-state index in [1.54, 1.807) is 12.1 Å². The number of hydrogen-bond donors (Lipinski definition) is 2. The third-order valence-electron chi connectivity index (χ3n) is 4.69. The molecule has 0 heterocycles. The van der Waals surface area contributed by atoms with Crippen LogP contribution in [0.15, 0.2) is 23.1 Å². The first-order chi connectivity index (χ1) is 9.94. The van der Waals surface area contributed by atoms with Crippen LogP contribution >= 0.6 is 0 Å². The van der Waals surface area contributed by atoms with Crippen LogP contribution in [0, 0.1) is 25.7 Å². The monoisotopic (exact) mass is 310 g/mol. The summed E-state index contributed by atoms with van der Waals surface area (Å²) in [6, 6.07) is 5.26. The lowest BCUT2D eigenvalue weighted by atomic mass is 9.79. The van der Waals surface area contributed by atoms with E-state index in [2.05, 4.69) is 4.72 Å². The number of hydrogen-bond acceptors (Lipinski definition) is 3. The topological polar surface area (TPSA) is 72.2 Å². The molecule has 1 aromatic carbocycles. The van der Waals surface area contributed by atoms with Crippen LogP contribution in [0.4, 0.5) is 0 Å². The molecule has 0 radical (unpaired) electrons. The average Bonchev–Trinajstić information content (AvgIpc) is 2.48. The van der Waals surface area contributed by atoms with Gasteiger partial charge in [0.2, 0.25) is 10.0 Å². The van der Waals surface area contributed by atoms with Gasteiger partial charge in [-0.15, -0.1) is 0 Å². The van der Waals surface area contributed by atoms with Crippen LogP contribution in [0.25, 0.3) is 0 Å². The molecule has 1 saturated carbocycles. The van der Waals surface area contributed by atoms with Gasteiger partial charge in [0.1, 0.15) is 0 Å². The number of aryl methyl sites for hydroxylation is 2. The van der Waals surface area contributed by atoms with Gasteiger partial charge in [0.15, 0.2) is 0 Å². The van der Waals surface area contributed by atoms with Crippen molar-refractivity contribution in [1.82, 2.24) is 4.72 Å². The van der Waals surface area contributed by atoms with E-state index in [4.69, 9.17) is 5.73 Å². The lowest BCUT2D eigenvalue weighted by Gasteiger charge is -2.30. The molecule has 4 nitrogen and oxygen atoms in total. The highest BCUT2D eigenvalue weighted by atomic mass is 32.2. The fourth-order valence-electron chi connectivity index (χ4n) is 3.04. The fourth-order valence-corrected chi connectivity index (χ4v) is 4.22. The van der Waals surface area contributed by atoms with Gasteiger partial charge in [0.05, 0.1) is 4.90 Å². The van der Waals surface area contributed by atoms with E-state index in [1.165, 1.54) is 12.8 Å². The Labute approximate surface area is 128 Å². The molecule has 118 valence electrons. The zero-order chi connectivity index (χ0) is 15.5. The van der Waals surface area contributed by atoms with E-state index in [-0.39, 0.29) is 0 Å². The van der Waals surface area contributed by atoms with E-state index in [0.717, 1.165) is 24.0 Å². The van der Waals surface area contributed by atoms with Crippen LogP contribution in [0.1, 0.15) is 36.8 Å². The van der Waals surface area contributed by atoms with E-state index in [9.17, 15) is 8.42 Å². The maximum absolute atomic E-state index is 12.4. The van der Waals surface area contributed by atoms with Gasteiger partial charge in [-0.1, -0.05) is 18.9 Å². The van der Waals surface area contributed by atoms with Crippen LogP contribution in [-0.4, -0.2) is 21.5 Å². The lowest BCUT2D eigenvalue weighted by Crippen LogP contribution is -2.36. The smallest absolute Gasteiger partial charge is 0.240 e. The van der Waals surface area contributed by atoms with Crippen molar-refractivity contribution in [3.63, 3.8) is 0 Å². The lowest BCUT2D eigenvalue weighted by molar-refractivity contribution is 0.244. The first kappa shape index (κ1) is 16.5. The van der Waals surface area contributed by atoms with Gasteiger partial charge >= 0.3 is 0 Å². The van der Waals surface area contributed by atoms with Crippen molar-refractivity contribution < 1.29 is 8.42 Å². The SMILES string of the molecule is Cc1ccc(S(=O)(=O)NCC2CCCCC2CN)cc1C. The van der Waals surface area contributed by atoms with Gasteiger partial charge in [0.25, 0.3) is 0 Å². The summed E-state index contributed by atoms with van der Waals surface area (Å²) in [7, 11) is -3.42. The Hall–Kier alpha value is -0.910. The molecule has 0 saturated heterocycles. The van der Waals surface area contributed by atoms with Crippen molar-refractivity contribution in [2.45, 2.75) is 44.4 Å². The first-order valence-electron chi connectivity index (χ1n) is 7.71. The van der Waals surface area contributed by atoms with Crippen LogP contribution in [0.3, 0.4) is 0 Å². The van der Waals surface area contributed by atoms with Gasteiger partial charge in [-0.25, -0.2) is 13.1 Å². The van der Waals surface area contributed by atoms with E-state index in [0.29, 0.717) is 29.8 Å². The second kappa shape index (κ2) is 6.90. The molecule has 2 rings (SSSR count). The molecule has 0 aromatic heterocycles. The molecule has 2 atom stereocenters. The van der Waals surface area contributed by atoms with Crippen molar-refractivity contribution >= 4 is 10.0 Å². The van der Waals surface area contributed by atoms with Crippen LogP contribution in [0.5, 0.6) is 0 Å². The van der Waals surface area contributed by atoms with Crippen molar-refractivity contribution in [3.05, 3.63) is 29.3 Å². The quantitative estimate of drug-likeness (QED) is 0.877. The van der Waals surface area contributed by atoms with Gasteiger partial charge in [-0.05, 0) is 68.3 Å². The Balaban J connectivity index is 2.05. The molecule has 1 aliphatic carbocycles. The summed E-state index contributed by atoms with van der Waals surface area (Å²) >= 11 is 0. The minimum absolute atomic E-state index is 0.353. The maximum atomic E-state index is 12.4. The summed E-state index contributed by atoms with van der Waals surface area (Å²) < 4.78 is 27.6. The zero-order valence-electron chi connectivity index (χ0n) is 12.9. The molecule has 3 N–H and O–H groups in total. The standard InChI is InChI=1S/C16H26N2O2S/c1-12-7-8-16(9-13(12)2)21(19,20)18-11-15-6-4-3-5-14(15)10-17/h7-9,14-15,18H,3-6,10-11,17H2,1-2H3. The number of sulfonamides is 1. The molecule has 5 heteroatoms. The molecule has 21 heavy (non-hydrogen) atoms. The Kier molecular flexibility index (Phi) is 5.41. The van der Waals surface area contributed by atoms with E-state index < -0.39 is 10.0 Å². The summed E-state index contributed by atoms with van der Waals surface area (Å²) in [6.07, 6.45) is 4.57. The normalized spacial score (nSPS) is 23.2. The van der Waals surface area contributed by atoms with Crippen molar-refractivity contribution in [2.75, 3.05) is 13.1 Å². The van der Waals surface area contributed by atoms with Crippen molar-refractivity contribution in [2.24, 2.45) is 17.6 Å². The van der Waals surface area contributed by atoms with Gasteiger partial charge in [0, 0.05) is 6.54 Å². The molecule has 0 bridgehead atoms.